The van der Waals surface area contributed by atoms with E-state index in [2.05, 4.69) is 15.6 Å². The van der Waals surface area contributed by atoms with Crippen molar-refractivity contribution in [2.24, 2.45) is 0 Å². The van der Waals surface area contributed by atoms with Crippen molar-refractivity contribution in [3.05, 3.63) is 59.5 Å². The summed E-state index contributed by atoms with van der Waals surface area (Å²) in [4.78, 5) is 16.3. The number of thiazole rings is 1. The molecular formula is C18H14F3N3O2S. The molecule has 3 rings (SSSR count). The summed E-state index contributed by atoms with van der Waals surface area (Å²) in [7, 11) is 1.56. The minimum Gasteiger partial charge on any atom is -0.497 e. The largest absolute Gasteiger partial charge is 0.497 e. The Morgan fingerprint density at radius 1 is 1.11 bits per heavy atom. The number of benzene rings is 2. The molecule has 9 heteroatoms. The minimum absolute atomic E-state index is 0.0342. The lowest BCUT2D eigenvalue weighted by atomic mass is 10.2. The second-order valence-electron chi connectivity index (χ2n) is 5.43. The molecule has 0 bridgehead atoms. The lowest BCUT2D eigenvalue weighted by Crippen LogP contribution is -2.19. The van der Waals surface area contributed by atoms with Gasteiger partial charge in [0.2, 0.25) is 0 Å². The third-order valence-electron chi connectivity index (χ3n) is 3.54. The first-order chi connectivity index (χ1) is 12.8. The molecule has 0 spiro atoms. The van der Waals surface area contributed by atoms with E-state index in [0.29, 0.717) is 16.6 Å². The zero-order chi connectivity index (χ0) is 19.4. The molecule has 0 unspecified atom stereocenters. The second kappa shape index (κ2) is 7.67. The molecule has 0 atom stereocenters. The molecule has 0 fully saturated rings. The van der Waals surface area contributed by atoms with Crippen molar-refractivity contribution < 1.29 is 22.7 Å². The van der Waals surface area contributed by atoms with Crippen molar-refractivity contribution in [3.8, 4) is 17.0 Å². The smallest absolute Gasteiger partial charge is 0.416 e. The molecule has 0 aliphatic carbocycles. The maximum absolute atomic E-state index is 12.7. The lowest BCUT2D eigenvalue weighted by molar-refractivity contribution is -0.137. The minimum atomic E-state index is -4.48. The average Bonchev–Trinajstić information content (AvgIpc) is 3.09. The molecule has 2 aromatic carbocycles. The van der Waals surface area contributed by atoms with Crippen molar-refractivity contribution in [1.82, 2.24) is 4.98 Å². The molecule has 0 aliphatic heterocycles. The van der Waals surface area contributed by atoms with E-state index in [9.17, 15) is 18.0 Å². The van der Waals surface area contributed by atoms with Crippen molar-refractivity contribution >= 4 is 28.2 Å². The summed E-state index contributed by atoms with van der Waals surface area (Å²) >= 11 is 1.20. The zero-order valence-electron chi connectivity index (χ0n) is 14.0. The van der Waals surface area contributed by atoms with Crippen LogP contribution in [0.3, 0.4) is 0 Å². The van der Waals surface area contributed by atoms with E-state index >= 15 is 0 Å². The number of alkyl halides is 3. The number of rotatable bonds is 4. The third kappa shape index (κ3) is 4.76. The fraction of sp³-hybridized carbons (Fsp3) is 0.111. The Labute approximate surface area is 156 Å². The molecule has 5 nitrogen and oxygen atoms in total. The quantitative estimate of drug-likeness (QED) is 0.617. The summed E-state index contributed by atoms with van der Waals surface area (Å²) in [5, 5.41) is 6.95. The number of hydrogen-bond donors (Lipinski definition) is 2. The van der Waals surface area contributed by atoms with Gasteiger partial charge in [0.05, 0.1) is 18.4 Å². The van der Waals surface area contributed by atoms with Crippen LogP contribution in [0.15, 0.2) is 53.9 Å². The highest BCUT2D eigenvalue weighted by molar-refractivity contribution is 7.14. The van der Waals surface area contributed by atoms with Gasteiger partial charge in [-0.05, 0) is 30.3 Å². The first-order valence-corrected chi connectivity index (χ1v) is 8.58. The molecule has 0 saturated heterocycles. The van der Waals surface area contributed by atoms with Crippen LogP contribution in [0, 0.1) is 0 Å². The third-order valence-corrected chi connectivity index (χ3v) is 4.30. The summed E-state index contributed by atoms with van der Waals surface area (Å²) in [6.07, 6.45) is -4.48. The number of nitrogens with one attached hydrogen (secondary N) is 2. The molecule has 3 aromatic rings. The predicted octanol–water partition coefficient (Wildman–Crippen LogP) is 5.48. The number of carbonyl (C=O) groups excluding carboxylic acids is 1. The van der Waals surface area contributed by atoms with Crippen LogP contribution < -0.4 is 15.4 Å². The Morgan fingerprint density at radius 3 is 2.63 bits per heavy atom. The maximum Gasteiger partial charge on any atom is 0.416 e. The second-order valence-corrected chi connectivity index (χ2v) is 6.29. The highest BCUT2D eigenvalue weighted by atomic mass is 32.1. The molecule has 0 radical (unpaired) electrons. The van der Waals surface area contributed by atoms with Crippen LogP contribution in [0.25, 0.3) is 11.3 Å². The van der Waals surface area contributed by atoms with Crippen LogP contribution in [-0.2, 0) is 6.18 Å². The van der Waals surface area contributed by atoms with Gasteiger partial charge in [-0.15, -0.1) is 11.3 Å². The Kier molecular flexibility index (Phi) is 5.31. The van der Waals surface area contributed by atoms with E-state index in [4.69, 9.17) is 4.74 Å². The summed E-state index contributed by atoms with van der Waals surface area (Å²) in [6, 6.07) is 11.0. The summed E-state index contributed by atoms with van der Waals surface area (Å²) in [5.74, 6) is 0.678. The summed E-state index contributed by atoms with van der Waals surface area (Å²) in [5.41, 5.74) is 0.659. The van der Waals surface area contributed by atoms with Gasteiger partial charge in [0.15, 0.2) is 5.13 Å². The van der Waals surface area contributed by atoms with Gasteiger partial charge >= 0.3 is 12.2 Å². The number of methoxy groups -OCH3 is 1. The fourth-order valence-corrected chi connectivity index (χ4v) is 2.99. The maximum atomic E-state index is 12.7. The van der Waals surface area contributed by atoms with Gasteiger partial charge in [0.1, 0.15) is 5.75 Å². The van der Waals surface area contributed by atoms with Crippen LogP contribution >= 0.6 is 11.3 Å². The zero-order valence-corrected chi connectivity index (χ0v) is 14.8. The number of ether oxygens (including phenoxy) is 1. The highest BCUT2D eigenvalue weighted by Crippen LogP contribution is 2.31. The van der Waals surface area contributed by atoms with Crippen molar-refractivity contribution in [2.45, 2.75) is 6.18 Å². The van der Waals surface area contributed by atoms with Crippen LogP contribution in [0.5, 0.6) is 5.75 Å². The van der Waals surface area contributed by atoms with Gasteiger partial charge in [0, 0.05) is 16.6 Å². The van der Waals surface area contributed by atoms with Gasteiger partial charge in [-0.2, -0.15) is 13.2 Å². The molecule has 2 N–H and O–H groups in total. The number of anilines is 2. The number of nitrogens with zero attached hydrogens (tertiary/aromatic N) is 1. The lowest BCUT2D eigenvalue weighted by Gasteiger charge is -2.09. The monoisotopic (exact) mass is 393 g/mol. The van der Waals surface area contributed by atoms with Crippen LogP contribution in [0.2, 0.25) is 0 Å². The number of carbonyl (C=O) groups is 1. The number of urea groups is 1. The molecule has 0 aliphatic rings. The molecule has 2 amide bonds. The predicted molar refractivity (Wildman–Crippen MR) is 98.2 cm³/mol. The van der Waals surface area contributed by atoms with Crippen molar-refractivity contribution in [3.63, 3.8) is 0 Å². The number of halogens is 3. The van der Waals surface area contributed by atoms with Crippen LogP contribution in [-0.4, -0.2) is 18.1 Å². The number of hydrogen-bond acceptors (Lipinski definition) is 4. The Bertz CT molecular complexity index is 957. The molecular weight excluding hydrogens is 379 g/mol. The van der Waals surface area contributed by atoms with E-state index in [0.717, 1.165) is 17.7 Å². The van der Waals surface area contributed by atoms with Gasteiger partial charge < -0.3 is 10.1 Å². The molecule has 1 aromatic heterocycles. The van der Waals surface area contributed by atoms with Gasteiger partial charge in [-0.25, -0.2) is 9.78 Å². The highest BCUT2D eigenvalue weighted by Gasteiger charge is 2.30. The average molecular weight is 393 g/mol. The van der Waals surface area contributed by atoms with Gasteiger partial charge in [-0.1, -0.05) is 18.2 Å². The first kappa shape index (κ1) is 18.7. The standard InChI is InChI=1S/C18H14F3N3O2S/c1-26-14-7-2-4-11(8-14)15-10-27-17(23-15)24-16(25)22-13-6-3-5-12(9-13)18(19,20)21/h2-10H,1H3,(H2,22,23,24,25). The first-order valence-electron chi connectivity index (χ1n) is 7.70. The fourth-order valence-electron chi connectivity index (χ4n) is 2.28. The molecule has 1 heterocycles. The summed E-state index contributed by atoms with van der Waals surface area (Å²) in [6.45, 7) is 0. The van der Waals surface area contributed by atoms with Crippen molar-refractivity contribution in [1.29, 1.82) is 0 Å². The topological polar surface area (TPSA) is 63.2 Å². The van der Waals surface area contributed by atoms with E-state index in [1.54, 1.807) is 18.6 Å². The molecule has 27 heavy (non-hydrogen) atoms. The molecule has 0 saturated carbocycles. The van der Waals surface area contributed by atoms with Crippen LogP contribution in [0.1, 0.15) is 5.56 Å². The normalized spacial score (nSPS) is 11.1. The Hall–Kier alpha value is -3.07. The number of amides is 2. The van der Waals surface area contributed by atoms with Crippen molar-refractivity contribution in [2.75, 3.05) is 17.7 Å². The molecule has 140 valence electrons. The van der Waals surface area contributed by atoms with E-state index in [1.165, 1.54) is 23.5 Å². The van der Waals surface area contributed by atoms with E-state index < -0.39 is 17.8 Å². The van der Waals surface area contributed by atoms with E-state index in [1.807, 2.05) is 18.2 Å². The van der Waals surface area contributed by atoms with Gasteiger partial charge in [0.25, 0.3) is 0 Å². The Morgan fingerprint density at radius 2 is 1.89 bits per heavy atom. The summed E-state index contributed by atoms with van der Waals surface area (Å²) < 4.78 is 43.3. The van der Waals surface area contributed by atoms with Crippen LogP contribution in [0.4, 0.5) is 28.8 Å². The van der Waals surface area contributed by atoms with Gasteiger partial charge in [-0.3, -0.25) is 5.32 Å². The SMILES string of the molecule is COc1cccc(-c2csc(NC(=O)Nc3cccc(C(F)(F)F)c3)n2)c1. The number of aromatic nitrogens is 1. The Balaban J connectivity index is 1.68. The van der Waals surface area contributed by atoms with E-state index in [-0.39, 0.29) is 5.69 Å².